The fourth-order valence-corrected chi connectivity index (χ4v) is 2.50. The van der Waals surface area contributed by atoms with Gasteiger partial charge in [0.1, 0.15) is 18.1 Å². The first-order valence-electron chi connectivity index (χ1n) is 9.29. The second kappa shape index (κ2) is 14.4. The molecule has 0 fully saturated rings. The third-order valence-corrected chi connectivity index (χ3v) is 4.34. The number of aliphatic carboxylic acids is 1. The number of thiol groups is 1. The van der Waals surface area contributed by atoms with Gasteiger partial charge in [0.2, 0.25) is 17.7 Å². The third kappa shape index (κ3) is 10.8. The molecule has 5 unspecified atom stereocenters. The molecule has 31 heavy (non-hydrogen) atoms. The molecule has 0 spiro atoms. The molecule has 3 amide bonds. The molecule has 0 rings (SSSR count). The fraction of sp³-hybridized carbons (Fsp3) is 0.688. The summed E-state index contributed by atoms with van der Waals surface area (Å²) >= 11 is 3.98. The summed E-state index contributed by atoms with van der Waals surface area (Å²) in [5.74, 6) is -4.28. The van der Waals surface area contributed by atoms with Gasteiger partial charge in [-0.05, 0) is 19.8 Å². The SMILES string of the molecule is CC(O)C(NC(=O)C(CS)NC(=O)C(CCCN=C(N)N)NC(=O)C(N)CO)C(=O)O. The zero-order valence-corrected chi connectivity index (χ0v) is 17.9. The molecular weight excluding hydrogens is 434 g/mol. The smallest absolute Gasteiger partial charge is 0.328 e. The standard InChI is InChI=1S/C16H31N7O7S/c1-7(25)11(15(29)30)23-14(28)10(6-31)22-13(27)9(3-2-4-20-16(18)19)21-12(26)8(17)5-24/h7-11,24-25,31H,2-6,17H2,1H3,(H,21,26)(H,22,27)(H,23,28)(H,29,30)(H4,18,19,20). The Kier molecular flexibility index (Phi) is 13.2. The summed E-state index contributed by atoms with van der Waals surface area (Å²) in [6, 6.07) is -5.27. The number of nitrogens with one attached hydrogen (secondary N) is 3. The summed E-state index contributed by atoms with van der Waals surface area (Å²) in [6.45, 7) is 0.699. The van der Waals surface area contributed by atoms with Crippen LogP contribution in [-0.4, -0.2) is 94.1 Å². The van der Waals surface area contributed by atoms with E-state index in [1.807, 2.05) is 0 Å². The number of rotatable bonds is 14. The number of nitrogens with two attached hydrogens (primary N) is 3. The summed E-state index contributed by atoms with van der Waals surface area (Å²) < 4.78 is 0. The largest absolute Gasteiger partial charge is 0.480 e. The zero-order chi connectivity index (χ0) is 24.1. The van der Waals surface area contributed by atoms with Gasteiger partial charge in [-0.25, -0.2) is 4.79 Å². The van der Waals surface area contributed by atoms with Gasteiger partial charge in [-0.15, -0.1) is 0 Å². The van der Waals surface area contributed by atoms with Crippen LogP contribution in [0, 0.1) is 0 Å². The average Bonchev–Trinajstić information content (AvgIpc) is 2.70. The van der Waals surface area contributed by atoms with Crippen LogP contribution in [0.15, 0.2) is 4.99 Å². The lowest BCUT2D eigenvalue weighted by atomic mass is 10.1. The van der Waals surface area contributed by atoms with Crippen molar-refractivity contribution in [3.8, 4) is 0 Å². The quantitative estimate of drug-likeness (QED) is 0.0506. The minimum atomic E-state index is -1.59. The Hall–Kier alpha value is -2.62. The highest BCUT2D eigenvalue weighted by molar-refractivity contribution is 7.80. The molecule has 0 heterocycles. The maximum absolute atomic E-state index is 12.7. The number of aliphatic imine (C=N–C) groups is 1. The average molecular weight is 466 g/mol. The lowest BCUT2D eigenvalue weighted by Crippen LogP contribution is -2.59. The highest BCUT2D eigenvalue weighted by Gasteiger charge is 2.31. The van der Waals surface area contributed by atoms with Crippen molar-refractivity contribution in [2.24, 2.45) is 22.2 Å². The number of carbonyl (C=O) groups excluding carboxylic acids is 3. The molecule has 0 aromatic heterocycles. The van der Waals surface area contributed by atoms with Gasteiger partial charge >= 0.3 is 5.97 Å². The van der Waals surface area contributed by atoms with Crippen molar-refractivity contribution in [2.75, 3.05) is 18.9 Å². The summed E-state index contributed by atoms with van der Waals surface area (Å²) in [6.07, 6.45) is -1.04. The van der Waals surface area contributed by atoms with Crippen molar-refractivity contribution < 1.29 is 34.5 Å². The second-order valence-corrected chi connectivity index (χ2v) is 6.97. The molecule has 0 aliphatic rings. The van der Waals surface area contributed by atoms with Crippen LogP contribution in [0.1, 0.15) is 19.8 Å². The number of nitrogens with zero attached hydrogens (tertiary/aromatic N) is 1. The summed E-state index contributed by atoms with van der Waals surface area (Å²) in [4.78, 5) is 51.9. The maximum Gasteiger partial charge on any atom is 0.328 e. The molecule has 0 bridgehead atoms. The van der Waals surface area contributed by atoms with E-state index < -0.39 is 60.6 Å². The molecule has 0 aromatic rings. The number of hydrogen-bond acceptors (Lipinski definition) is 9. The predicted molar refractivity (Wildman–Crippen MR) is 114 cm³/mol. The molecule has 0 aliphatic heterocycles. The minimum Gasteiger partial charge on any atom is -0.480 e. The molecule has 14 nitrogen and oxygen atoms in total. The van der Waals surface area contributed by atoms with Gasteiger partial charge in [-0.1, -0.05) is 0 Å². The predicted octanol–water partition coefficient (Wildman–Crippen LogP) is -4.79. The summed E-state index contributed by atoms with van der Waals surface area (Å²) in [7, 11) is 0. The van der Waals surface area contributed by atoms with E-state index in [2.05, 4.69) is 33.6 Å². The maximum atomic E-state index is 12.7. The van der Waals surface area contributed by atoms with E-state index >= 15 is 0 Å². The van der Waals surface area contributed by atoms with Gasteiger partial charge < -0.3 is 48.5 Å². The van der Waals surface area contributed by atoms with E-state index in [1.165, 1.54) is 6.92 Å². The number of amides is 3. The fourth-order valence-electron chi connectivity index (χ4n) is 2.24. The van der Waals surface area contributed by atoms with E-state index in [1.54, 1.807) is 0 Å². The lowest BCUT2D eigenvalue weighted by Gasteiger charge is -2.24. The van der Waals surface area contributed by atoms with Gasteiger partial charge in [-0.3, -0.25) is 19.4 Å². The van der Waals surface area contributed by atoms with Crippen molar-refractivity contribution in [1.82, 2.24) is 16.0 Å². The number of carboxylic acids is 1. The Bertz CT molecular complexity index is 658. The van der Waals surface area contributed by atoms with E-state index in [0.29, 0.717) is 0 Å². The number of carbonyl (C=O) groups is 4. The van der Waals surface area contributed by atoms with Gasteiger partial charge in [0.25, 0.3) is 0 Å². The van der Waals surface area contributed by atoms with Gasteiger partial charge in [-0.2, -0.15) is 12.6 Å². The van der Waals surface area contributed by atoms with E-state index in [9.17, 15) is 24.3 Å². The first-order valence-corrected chi connectivity index (χ1v) is 9.92. The molecule has 0 aromatic carbocycles. The number of hydrogen-bond donors (Lipinski definition) is 10. The van der Waals surface area contributed by atoms with Crippen molar-refractivity contribution >= 4 is 42.3 Å². The Balaban J connectivity index is 5.26. The monoisotopic (exact) mass is 465 g/mol. The molecule has 5 atom stereocenters. The Morgan fingerprint density at radius 1 is 1.03 bits per heavy atom. The molecule has 12 N–H and O–H groups in total. The van der Waals surface area contributed by atoms with Crippen molar-refractivity contribution in [1.29, 1.82) is 0 Å². The second-order valence-electron chi connectivity index (χ2n) is 6.61. The van der Waals surface area contributed by atoms with Crippen molar-refractivity contribution in [3.63, 3.8) is 0 Å². The molecule has 0 aliphatic carbocycles. The molecule has 0 saturated carbocycles. The Labute approximate surface area is 184 Å². The minimum absolute atomic E-state index is 0.0683. The lowest BCUT2D eigenvalue weighted by molar-refractivity contribution is -0.145. The Morgan fingerprint density at radius 2 is 1.58 bits per heavy atom. The third-order valence-electron chi connectivity index (χ3n) is 3.97. The van der Waals surface area contributed by atoms with E-state index in [0.717, 1.165) is 0 Å². The van der Waals surface area contributed by atoms with Gasteiger partial charge in [0, 0.05) is 12.3 Å². The summed E-state index contributed by atoms with van der Waals surface area (Å²) in [5, 5.41) is 34.4. The molecule has 0 saturated heterocycles. The number of aliphatic hydroxyl groups excluding tert-OH is 2. The van der Waals surface area contributed by atoms with Crippen molar-refractivity contribution in [3.05, 3.63) is 0 Å². The summed E-state index contributed by atoms with van der Waals surface area (Å²) in [5.41, 5.74) is 15.9. The van der Waals surface area contributed by atoms with E-state index in [4.69, 9.17) is 27.4 Å². The van der Waals surface area contributed by atoms with Crippen LogP contribution >= 0.6 is 12.6 Å². The first-order chi connectivity index (χ1) is 14.4. The zero-order valence-electron chi connectivity index (χ0n) is 17.0. The van der Waals surface area contributed by atoms with Crippen LogP contribution < -0.4 is 33.2 Å². The topological polar surface area (TPSA) is 255 Å². The number of guanidine groups is 1. The van der Waals surface area contributed by atoms with Gasteiger partial charge in [0.05, 0.1) is 12.7 Å². The highest BCUT2D eigenvalue weighted by Crippen LogP contribution is 2.02. The van der Waals surface area contributed by atoms with Crippen LogP contribution in [0.5, 0.6) is 0 Å². The molecule has 0 radical (unpaired) electrons. The number of carboxylic acid groups (broad SMARTS) is 1. The van der Waals surface area contributed by atoms with Crippen LogP contribution in [0.3, 0.4) is 0 Å². The Morgan fingerprint density at radius 3 is 2.03 bits per heavy atom. The van der Waals surface area contributed by atoms with Gasteiger partial charge in [0.15, 0.2) is 12.0 Å². The normalized spacial score (nSPS) is 15.5. The van der Waals surface area contributed by atoms with Crippen LogP contribution in [0.2, 0.25) is 0 Å². The molecular formula is C16H31N7O7S. The van der Waals surface area contributed by atoms with Crippen LogP contribution in [0.25, 0.3) is 0 Å². The number of aliphatic hydroxyl groups is 2. The van der Waals surface area contributed by atoms with Crippen LogP contribution in [-0.2, 0) is 19.2 Å². The van der Waals surface area contributed by atoms with Crippen molar-refractivity contribution in [2.45, 2.75) is 50.0 Å². The first kappa shape index (κ1) is 28.4. The highest BCUT2D eigenvalue weighted by atomic mass is 32.1. The molecule has 15 heteroatoms. The molecule has 178 valence electrons. The van der Waals surface area contributed by atoms with Crippen LogP contribution in [0.4, 0.5) is 0 Å². The van der Waals surface area contributed by atoms with E-state index in [-0.39, 0.29) is 31.1 Å².